The van der Waals surface area contributed by atoms with Gasteiger partial charge in [-0.2, -0.15) is 0 Å². The van der Waals surface area contributed by atoms with Gasteiger partial charge in [-0.25, -0.2) is 0 Å². The Labute approximate surface area is 96.5 Å². The van der Waals surface area contributed by atoms with Crippen LogP contribution in [-0.2, 0) is 4.74 Å². The van der Waals surface area contributed by atoms with Crippen molar-refractivity contribution in [2.45, 2.75) is 12.5 Å². The van der Waals surface area contributed by atoms with Gasteiger partial charge < -0.3 is 15.4 Å². The minimum Gasteiger partial charge on any atom is -0.496 e. The summed E-state index contributed by atoms with van der Waals surface area (Å²) >= 11 is 0. The highest BCUT2D eigenvalue weighted by Gasteiger charge is 2.16. The molecule has 0 fully saturated rings. The van der Waals surface area contributed by atoms with Crippen molar-refractivity contribution in [1.29, 1.82) is 0 Å². The molecule has 0 radical (unpaired) electrons. The normalized spacial score (nSPS) is 16.6. The smallest absolute Gasteiger partial charge is 0.113 e. The summed E-state index contributed by atoms with van der Waals surface area (Å²) in [6, 6.07) is 8.14. The van der Waals surface area contributed by atoms with Crippen LogP contribution in [0.5, 0.6) is 0 Å². The second-order valence-electron chi connectivity index (χ2n) is 4.21. The molecule has 2 rings (SSSR count). The summed E-state index contributed by atoms with van der Waals surface area (Å²) in [5.74, 6) is 0.901. The molecule has 0 aliphatic carbocycles. The molecule has 0 amide bonds. The number of nitrogens with two attached hydrogens (primary N) is 1. The van der Waals surface area contributed by atoms with Crippen LogP contribution in [0.3, 0.4) is 0 Å². The molecule has 1 aromatic carbocycles. The standard InChI is InChI=1S/C13H18N2O/c1-15(2)11-7-5-10(6-8-11)13(14)12-4-3-9-16-12/h4-8,13H,3,9,14H2,1-2H3. The SMILES string of the molecule is CN(C)c1ccc(C(N)C2=CCCO2)cc1. The Balaban J connectivity index is 2.14. The van der Waals surface area contributed by atoms with Gasteiger partial charge in [0.2, 0.25) is 0 Å². The van der Waals surface area contributed by atoms with Gasteiger partial charge in [0.25, 0.3) is 0 Å². The zero-order chi connectivity index (χ0) is 11.5. The fourth-order valence-electron chi connectivity index (χ4n) is 1.80. The zero-order valence-electron chi connectivity index (χ0n) is 9.81. The molecule has 1 unspecified atom stereocenters. The Morgan fingerprint density at radius 1 is 1.25 bits per heavy atom. The highest BCUT2D eigenvalue weighted by atomic mass is 16.5. The molecule has 16 heavy (non-hydrogen) atoms. The van der Waals surface area contributed by atoms with Crippen LogP contribution in [0.1, 0.15) is 18.0 Å². The van der Waals surface area contributed by atoms with Crippen molar-refractivity contribution in [3.8, 4) is 0 Å². The summed E-state index contributed by atoms with van der Waals surface area (Å²) in [7, 11) is 4.05. The Morgan fingerprint density at radius 2 is 1.94 bits per heavy atom. The lowest BCUT2D eigenvalue weighted by atomic mass is 10.1. The molecule has 86 valence electrons. The highest BCUT2D eigenvalue weighted by molar-refractivity contribution is 5.47. The summed E-state index contributed by atoms with van der Waals surface area (Å²) < 4.78 is 5.47. The summed E-state index contributed by atoms with van der Waals surface area (Å²) in [5, 5.41) is 0. The molecule has 3 heteroatoms. The Morgan fingerprint density at radius 3 is 2.44 bits per heavy atom. The molecule has 0 spiro atoms. The van der Waals surface area contributed by atoms with Gasteiger partial charge in [0, 0.05) is 26.2 Å². The van der Waals surface area contributed by atoms with E-state index in [0.717, 1.165) is 24.4 Å². The zero-order valence-corrected chi connectivity index (χ0v) is 9.81. The molecule has 1 aromatic rings. The van der Waals surface area contributed by atoms with E-state index in [4.69, 9.17) is 10.5 Å². The Hall–Kier alpha value is -1.48. The van der Waals surface area contributed by atoms with Crippen LogP contribution in [0, 0.1) is 0 Å². The molecule has 1 atom stereocenters. The van der Waals surface area contributed by atoms with Gasteiger partial charge in [0.1, 0.15) is 5.76 Å². The summed E-state index contributed by atoms with van der Waals surface area (Å²) in [4.78, 5) is 2.07. The van der Waals surface area contributed by atoms with Crippen LogP contribution in [0.4, 0.5) is 5.69 Å². The highest BCUT2D eigenvalue weighted by Crippen LogP contribution is 2.25. The second-order valence-corrected chi connectivity index (χ2v) is 4.21. The van der Waals surface area contributed by atoms with E-state index in [-0.39, 0.29) is 6.04 Å². The first-order valence-corrected chi connectivity index (χ1v) is 5.54. The third kappa shape index (κ3) is 2.19. The summed E-state index contributed by atoms with van der Waals surface area (Å²) in [6.45, 7) is 0.763. The van der Waals surface area contributed by atoms with Crippen LogP contribution < -0.4 is 10.6 Å². The van der Waals surface area contributed by atoms with Crippen LogP contribution in [0.2, 0.25) is 0 Å². The van der Waals surface area contributed by atoms with Crippen LogP contribution >= 0.6 is 0 Å². The molecule has 1 aliphatic rings. The monoisotopic (exact) mass is 218 g/mol. The van der Waals surface area contributed by atoms with E-state index >= 15 is 0 Å². The van der Waals surface area contributed by atoms with E-state index in [9.17, 15) is 0 Å². The molecule has 2 N–H and O–H groups in total. The van der Waals surface area contributed by atoms with E-state index in [1.165, 1.54) is 5.69 Å². The van der Waals surface area contributed by atoms with E-state index in [1.54, 1.807) is 0 Å². The van der Waals surface area contributed by atoms with Gasteiger partial charge in [-0.3, -0.25) is 0 Å². The van der Waals surface area contributed by atoms with Gasteiger partial charge in [0.05, 0.1) is 12.6 Å². The molecule has 3 nitrogen and oxygen atoms in total. The minimum atomic E-state index is -0.126. The molecular formula is C13H18N2O. The van der Waals surface area contributed by atoms with Gasteiger partial charge in [-0.1, -0.05) is 12.1 Å². The van der Waals surface area contributed by atoms with Crippen molar-refractivity contribution in [3.05, 3.63) is 41.7 Å². The first kappa shape index (κ1) is 11.0. The molecule has 0 bridgehead atoms. The predicted molar refractivity (Wildman–Crippen MR) is 66.3 cm³/mol. The number of hydrogen-bond donors (Lipinski definition) is 1. The third-order valence-electron chi connectivity index (χ3n) is 2.81. The van der Waals surface area contributed by atoms with Crippen molar-refractivity contribution in [2.75, 3.05) is 25.6 Å². The molecule has 1 aliphatic heterocycles. The number of ether oxygens (including phenoxy) is 1. The van der Waals surface area contributed by atoms with Crippen LogP contribution in [-0.4, -0.2) is 20.7 Å². The number of nitrogens with zero attached hydrogens (tertiary/aromatic N) is 1. The van der Waals surface area contributed by atoms with Crippen LogP contribution in [0.15, 0.2) is 36.1 Å². The fourth-order valence-corrected chi connectivity index (χ4v) is 1.80. The van der Waals surface area contributed by atoms with Crippen molar-refractivity contribution in [1.82, 2.24) is 0 Å². The Bertz CT molecular complexity index is 381. The van der Waals surface area contributed by atoms with Crippen molar-refractivity contribution in [2.24, 2.45) is 5.73 Å². The van der Waals surface area contributed by atoms with Gasteiger partial charge in [-0.15, -0.1) is 0 Å². The number of hydrogen-bond acceptors (Lipinski definition) is 3. The first-order chi connectivity index (χ1) is 7.68. The lowest BCUT2D eigenvalue weighted by Gasteiger charge is -2.16. The van der Waals surface area contributed by atoms with E-state index in [1.807, 2.05) is 14.1 Å². The van der Waals surface area contributed by atoms with E-state index in [0.29, 0.717) is 0 Å². The summed E-state index contributed by atoms with van der Waals surface area (Å²) in [6.07, 6.45) is 3.04. The molecule has 0 saturated carbocycles. The first-order valence-electron chi connectivity index (χ1n) is 5.54. The average Bonchev–Trinajstić information content (AvgIpc) is 2.81. The number of benzene rings is 1. The minimum absolute atomic E-state index is 0.126. The second kappa shape index (κ2) is 4.58. The third-order valence-corrected chi connectivity index (χ3v) is 2.81. The van der Waals surface area contributed by atoms with E-state index < -0.39 is 0 Å². The van der Waals surface area contributed by atoms with Crippen molar-refractivity contribution in [3.63, 3.8) is 0 Å². The van der Waals surface area contributed by atoms with Crippen molar-refractivity contribution >= 4 is 5.69 Å². The Kier molecular flexibility index (Phi) is 3.15. The molecular weight excluding hydrogens is 200 g/mol. The molecule has 0 aromatic heterocycles. The maximum Gasteiger partial charge on any atom is 0.113 e. The van der Waals surface area contributed by atoms with Crippen molar-refractivity contribution < 1.29 is 4.74 Å². The summed E-state index contributed by atoms with van der Waals surface area (Å²) in [5.41, 5.74) is 8.39. The quantitative estimate of drug-likeness (QED) is 0.844. The number of anilines is 1. The molecule has 0 saturated heterocycles. The van der Waals surface area contributed by atoms with Gasteiger partial charge >= 0.3 is 0 Å². The predicted octanol–water partition coefficient (Wildman–Crippen LogP) is 2.06. The lowest BCUT2D eigenvalue weighted by molar-refractivity contribution is 0.225. The lowest BCUT2D eigenvalue weighted by Crippen LogP contribution is -2.14. The topological polar surface area (TPSA) is 38.5 Å². The largest absolute Gasteiger partial charge is 0.496 e. The average molecular weight is 218 g/mol. The maximum absolute atomic E-state index is 6.12. The molecule has 1 heterocycles. The maximum atomic E-state index is 6.12. The van der Waals surface area contributed by atoms with Gasteiger partial charge in [-0.05, 0) is 23.8 Å². The van der Waals surface area contributed by atoms with E-state index in [2.05, 4.69) is 35.2 Å². The number of rotatable bonds is 3. The van der Waals surface area contributed by atoms with Crippen LogP contribution in [0.25, 0.3) is 0 Å². The van der Waals surface area contributed by atoms with Gasteiger partial charge in [0.15, 0.2) is 0 Å². The fraction of sp³-hybridized carbons (Fsp3) is 0.385.